The van der Waals surface area contributed by atoms with Gasteiger partial charge in [0.1, 0.15) is 11.6 Å². The zero-order chi connectivity index (χ0) is 15.6. The first-order chi connectivity index (χ1) is 9.81. The Morgan fingerprint density at radius 2 is 1.86 bits per heavy atom. The van der Waals surface area contributed by atoms with E-state index in [4.69, 9.17) is 5.26 Å². The van der Waals surface area contributed by atoms with Crippen LogP contribution >= 0.6 is 0 Å². The molecular weight excluding hydrogens is 298 g/mol. The number of nitriles is 1. The van der Waals surface area contributed by atoms with E-state index in [1.54, 1.807) is 6.92 Å². The molecule has 2 aromatic carbocycles. The predicted molar refractivity (Wildman–Crippen MR) is 73.1 cm³/mol. The normalized spacial score (nSPS) is 11.0. The molecule has 2 rings (SSSR count). The van der Waals surface area contributed by atoms with Gasteiger partial charge in [-0.05, 0) is 42.8 Å². The van der Waals surface area contributed by atoms with Gasteiger partial charge in [0, 0.05) is 6.07 Å². The average molecular weight is 308 g/mol. The summed E-state index contributed by atoms with van der Waals surface area (Å²) in [4.78, 5) is -0.164. The molecule has 0 unspecified atom stereocenters. The summed E-state index contributed by atoms with van der Waals surface area (Å²) in [6.45, 7) is 1.64. The lowest BCUT2D eigenvalue weighted by Gasteiger charge is -2.10. The van der Waals surface area contributed by atoms with Crippen LogP contribution < -0.4 is 4.72 Å². The molecule has 0 aliphatic rings. The molecule has 2 aromatic rings. The lowest BCUT2D eigenvalue weighted by atomic mass is 10.2. The number of rotatable bonds is 3. The van der Waals surface area contributed by atoms with Crippen LogP contribution in [0.25, 0.3) is 0 Å². The van der Waals surface area contributed by atoms with Gasteiger partial charge in [0.2, 0.25) is 0 Å². The number of aryl methyl sites for hydroxylation is 1. The maximum Gasteiger partial charge on any atom is 0.262 e. The molecule has 0 fully saturated rings. The quantitative estimate of drug-likeness (QED) is 0.947. The predicted octanol–water partition coefficient (Wildman–Crippen LogP) is 2.95. The summed E-state index contributed by atoms with van der Waals surface area (Å²) in [5.41, 5.74) is 0.389. The Morgan fingerprint density at radius 1 is 1.14 bits per heavy atom. The van der Waals surface area contributed by atoms with Gasteiger partial charge in [-0.25, -0.2) is 17.2 Å². The minimum atomic E-state index is -4.07. The highest BCUT2D eigenvalue weighted by atomic mass is 32.2. The van der Waals surface area contributed by atoms with Gasteiger partial charge >= 0.3 is 0 Å². The number of hydrogen-bond acceptors (Lipinski definition) is 3. The van der Waals surface area contributed by atoms with Crippen LogP contribution in [0.5, 0.6) is 0 Å². The Bertz CT molecular complexity index is 843. The van der Waals surface area contributed by atoms with E-state index in [-0.39, 0.29) is 16.1 Å². The van der Waals surface area contributed by atoms with Crippen LogP contribution in [0.4, 0.5) is 14.5 Å². The highest BCUT2D eigenvalue weighted by molar-refractivity contribution is 7.92. The highest BCUT2D eigenvalue weighted by Gasteiger charge is 2.17. The fraction of sp³-hybridized carbons (Fsp3) is 0.0714. The second-order valence-corrected chi connectivity index (χ2v) is 6.06. The zero-order valence-electron chi connectivity index (χ0n) is 10.9. The van der Waals surface area contributed by atoms with Gasteiger partial charge in [-0.1, -0.05) is 0 Å². The highest BCUT2D eigenvalue weighted by Crippen LogP contribution is 2.21. The lowest BCUT2D eigenvalue weighted by molar-refractivity contribution is 0.583. The number of hydrogen-bond donors (Lipinski definition) is 1. The molecular formula is C14H10F2N2O2S. The van der Waals surface area contributed by atoms with E-state index in [1.807, 2.05) is 10.8 Å². The smallest absolute Gasteiger partial charge is 0.262 e. The fourth-order valence-electron chi connectivity index (χ4n) is 1.74. The maximum atomic E-state index is 13.5. The van der Waals surface area contributed by atoms with Crippen LogP contribution in [0, 0.1) is 29.9 Å². The van der Waals surface area contributed by atoms with Crippen LogP contribution in [-0.4, -0.2) is 8.42 Å². The lowest BCUT2D eigenvalue weighted by Crippen LogP contribution is -2.14. The second kappa shape index (κ2) is 5.50. The van der Waals surface area contributed by atoms with Crippen molar-refractivity contribution in [3.05, 3.63) is 59.2 Å². The number of benzene rings is 2. The molecule has 0 amide bonds. The third-order valence-corrected chi connectivity index (χ3v) is 4.01. The summed E-state index contributed by atoms with van der Waals surface area (Å²) in [6.07, 6.45) is 0. The van der Waals surface area contributed by atoms with E-state index in [0.717, 1.165) is 12.1 Å². The minimum absolute atomic E-state index is 0.164. The van der Waals surface area contributed by atoms with Crippen LogP contribution in [0.1, 0.15) is 11.1 Å². The van der Waals surface area contributed by atoms with E-state index >= 15 is 0 Å². The molecule has 0 bridgehead atoms. The van der Waals surface area contributed by atoms with E-state index in [9.17, 15) is 17.2 Å². The monoisotopic (exact) mass is 308 g/mol. The van der Waals surface area contributed by atoms with Crippen LogP contribution in [-0.2, 0) is 10.0 Å². The van der Waals surface area contributed by atoms with Gasteiger partial charge in [0.25, 0.3) is 10.0 Å². The molecule has 21 heavy (non-hydrogen) atoms. The Kier molecular flexibility index (Phi) is 3.91. The molecule has 0 spiro atoms. The van der Waals surface area contributed by atoms with E-state index < -0.39 is 21.7 Å². The zero-order valence-corrected chi connectivity index (χ0v) is 11.7. The van der Waals surface area contributed by atoms with Gasteiger partial charge in [-0.3, -0.25) is 4.72 Å². The summed E-state index contributed by atoms with van der Waals surface area (Å²) in [5.74, 6) is -1.83. The number of sulfonamides is 1. The van der Waals surface area contributed by atoms with Crippen molar-refractivity contribution in [2.45, 2.75) is 11.8 Å². The van der Waals surface area contributed by atoms with Crippen molar-refractivity contribution in [3.8, 4) is 6.07 Å². The molecule has 0 aliphatic carbocycles. The molecule has 0 saturated heterocycles. The maximum absolute atomic E-state index is 13.5. The molecule has 0 radical (unpaired) electrons. The van der Waals surface area contributed by atoms with Gasteiger partial charge in [-0.15, -0.1) is 0 Å². The van der Waals surface area contributed by atoms with Crippen LogP contribution in [0.15, 0.2) is 41.3 Å². The Morgan fingerprint density at radius 3 is 2.48 bits per heavy atom. The first-order valence-corrected chi connectivity index (χ1v) is 7.30. The minimum Gasteiger partial charge on any atom is -0.277 e. The fourth-order valence-corrected chi connectivity index (χ4v) is 2.94. The SMILES string of the molecule is Cc1cc(C#N)cc(S(=O)(=O)Nc2ccc(F)cc2F)c1. The van der Waals surface area contributed by atoms with Crippen LogP contribution in [0.3, 0.4) is 0 Å². The first-order valence-electron chi connectivity index (χ1n) is 5.81. The molecule has 4 nitrogen and oxygen atoms in total. The van der Waals surface area contributed by atoms with Crippen molar-refractivity contribution in [1.82, 2.24) is 0 Å². The number of nitrogens with one attached hydrogen (secondary N) is 1. The van der Waals surface area contributed by atoms with E-state index in [2.05, 4.69) is 0 Å². The van der Waals surface area contributed by atoms with Crippen molar-refractivity contribution in [3.63, 3.8) is 0 Å². The number of nitrogens with zero attached hydrogens (tertiary/aromatic N) is 1. The topological polar surface area (TPSA) is 70.0 Å². The summed E-state index contributed by atoms with van der Waals surface area (Å²) in [7, 11) is -4.07. The standard InChI is InChI=1S/C14H10F2N2O2S/c1-9-4-10(8-17)6-12(5-9)21(19,20)18-14-3-2-11(15)7-13(14)16/h2-7,18H,1H3. The van der Waals surface area contributed by atoms with Crippen molar-refractivity contribution in [2.24, 2.45) is 0 Å². The molecule has 0 aromatic heterocycles. The Hall–Kier alpha value is -2.46. The molecule has 1 N–H and O–H groups in total. The largest absolute Gasteiger partial charge is 0.277 e. The molecule has 108 valence electrons. The molecule has 0 aliphatic heterocycles. The first kappa shape index (κ1) is 14.9. The second-order valence-electron chi connectivity index (χ2n) is 4.38. The Balaban J connectivity index is 2.43. The van der Waals surface area contributed by atoms with E-state index in [0.29, 0.717) is 11.6 Å². The van der Waals surface area contributed by atoms with Crippen molar-refractivity contribution < 1.29 is 17.2 Å². The Labute approximate surface area is 120 Å². The summed E-state index contributed by atoms with van der Waals surface area (Å²) >= 11 is 0. The summed E-state index contributed by atoms with van der Waals surface area (Å²) in [5, 5.41) is 8.85. The van der Waals surface area contributed by atoms with Gasteiger partial charge in [0.05, 0.1) is 22.2 Å². The third kappa shape index (κ3) is 3.35. The molecule has 7 heteroatoms. The van der Waals surface area contributed by atoms with Crippen molar-refractivity contribution in [1.29, 1.82) is 5.26 Å². The molecule has 0 atom stereocenters. The van der Waals surface area contributed by atoms with Gasteiger partial charge < -0.3 is 0 Å². The number of anilines is 1. The van der Waals surface area contributed by atoms with E-state index in [1.165, 1.54) is 18.2 Å². The third-order valence-electron chi connectivity index (χ3n) is 2.67. The summed E-state index contributed by atoms with van der Waals surface area (Å²) in [6, 6.07) is 8.41. The molecule has 0 heterocycles. The van der Waals surface area contributed by atoms with Crippen molar-refractivity contribution in [2.75, 3.05) is 4.72 Å². The van der Waals surface area contributed by atoms with Crippen molar-refractivity contribution >= 4 is 15.7 Å². The van der Waals surface area contributed by atoms with Crippen LogP contribution in [0.2, 0.25) is 0 Å². The molecule has 0 saturated carbocycles. The van der Waals surface area contributed by atoms with Gasteiger partial charge in [-0.2, -0.15) is 5.26 Å². The van der Waals surface area contributed by atoms with Gasteiger partial charge in [0.15, 0.2) is 0 Å². The average Bonchev–Trinajstić information content (AvgIpc) is 2.41. The summed E-state index contributed by atoms with van der Waals surface area (Å²) < 4.78 is 52.7. The number of halogens is 2.